The molecule has 1 aromatic heterocycles. The van der Waals surface area contributed by atoms with Crippen LogP contribution in [0.25, 0.3) is 54.5 Å². The number of aromatic amines is 1. The molecule has 1 heteroatoms. The molecule has 5 aromatic carbocycles. The highest BCUT2D eigenvalue weighted by Crippen LogP contribution is 2.44. The number of hydrogen-bond donors (Lipinski definition) is 1. The summed E-state index contributed by atoms with van der Waals surface area (Å²) in [6.45, 7) is 0. The summed E-state index contributed by atoms with van der Waals surface area (Å²) in [5.41, 5.74) is 5.00. The van der Waals surface area contributed by atoms with E-state index in [9.17, 15) is 0 Å². The van der Waals surface area contributed by atoms with Crippen LogP contribution in [0.5, 0.6) is 0 Å². The zero-order valence-corrected chi connectivity index (χ0v) is 13.6. The van der Waals surface area contributed by atoms with Crippen molar-refractivity contribution in [1.82, 2.24) is 4.98 Å². The van der Waals surface area contributed by atoms with Crippen LogP contribution in [0.15, 0.2) is 84.9 Å². The van der Waals surface area contributed by atoms with Gasteiger partial charge in [-0.1, -0.05) is 72.8 Å². The van der Waals surface area contributed by atoms with Crippen LogP contribution in [-0.2, 0) is 0 Å². The third-order valence-corrected chi connectivity index (χ3v) is 5.36. The summed E-state index contributed by atoms with van der Waals surface area (Å²) in [6.07, 6.45) is 0. The molecule has 0 unspecified atom stereocenters. The monoisotopic (exact) mass is 317 g/mol. The highest BCUT2D eigenvalue weighted by molar-refractivity contribution is 6.36. The smallest absolute Gasteiger partial charge is 0.0471 e. The van der Waals surface area contributed by atoms with Crippen LogP contribution >= 0.6 is 0 Å². The number of H-pyrrole nitrogens is 1. The Morgan fingerprint density at radius 1 is 0.440 bits per heavy atom. The van der Waals surface area contributed by atoms with Crippen LogP contribution in [0.2, 0.25) is 0 Å². The molecule has 6 rings (SSSR count). The van der Waals surface area contributed by atoms with Crippen molar-refractivity contribution in [1.29, 1.82) is 0 Å². The van der Waals surface area contributed by atoms with Crippen LogP contribution < -0.4 is 0 Å². The molecule has 0 atom stereocenters. The van der Waals surface area contributed by atoms with Crippen molar-refractivity contribution in [3.8, 4) is 11.1 Å². The molecule has 0 bridgehead atoms. The Labute approximate surface area is 144 Å². The molecule has 0 saturated carbocycles. The van der Waals surface area contributed by atoms with Crippen molar-refractivity contribution in [2.24, 2.45) is 0 Å². The summed E-state index contributed by atoms with van der Waals surface area (Å²) in [5.74, 6) is 0. The molecule has 1 nitrogen and oxygen atoms in total. The Hall–Kier alpha value is -3.32. The molecule has 1 N–H and O–H groups in total. The maximum atomic E-state index is 3.61. The van der Waals surface area contributed by atoms with E-state index < -0.39 is 0 Å². The first-order valence-electron chi connectivity index (χ1n) is 8.64. The average molecular weight is 317 g/mol. The average Bonchev–Trinajstić information content (AvgIpc) is 3.07. The highest BCUT2D eigenvalue weighted by Gasteiger charge is 2.17. The lowest BCUT2D eigenvalue weighted by Crippen LogP contribution is -1.86. The van der Waals surface area contributed by atoms with Gasteiger partial charge in [-0.05, 0) is 39.4 Å². The number of fused-ring (bicyclic) bond motifs is 3. The largest absolute Gasteiger partial charge is 0.354 e. The molecular weight excluding hydrogens is 302 g/mol. The zero-order valence-electron chi connectivity index (χ0n) is 13.6. The number of benzene rings is 5. The van der Waals surface area contributed by atoms with Gasteiger partial charge in [-0.2, -0.15) is 0 Å². The second-order valence-corrected chi connectivity index (χ2v) is 6.68. The molecule has 0 fully saturated rings. The molecule has 0 spiro atoms. The molecule has 0 aliphatic heterocycles. The van der Waals surface area contributed by atoms with E-state index in [2.05, 4.69) is 89.9 Å². The van der Waals surface area contributed by atoms with Gasteiger partial charge in [-0.3, -0.25) is 0 Å². The first-order valence-corrected chi connectivity index (χ1v) is 8.64. The van der Waals surface area contributed by atoms with Crippen LogP contribution in [0, 0.1) is 0 Å². The molecule has 25 heavy (non-hydrogen) atoms. The van der Waals surface area contributed by atoms with Crippen molar-refractivity contribution < 1.29 is 0 Å². The molecule has 0 aliphatic rings. The van der Waals surface area contributed by atoms with Gasteiger partial charge in [-0.25, -0.2) is 0 Å². The van der Waals surface area contributed by atoms with Gasteiger partial charge in [0, 0.05) is 27.2 Å². The van der Waals surface area contributed by atoms with Gasteiger partial charge < -0.3 is 4.98 Å². The third kappa shape index (κ3) is 1.62. The second kappa shape index (κ2) is 4.61. The van der Waals surface area contributed by atoms with E-state index in [-0.39, 0.29) is 0 Å². The third-order valence-electron chi connectivity index (χ3n) is 5.36. The van der Waals surface area contributed by atoms with Crippen LogP contribution in [0.4, 0.5) is 0 Å². The van der Waals surface area contributed by atoms with Gasteiger partial charge in [0.2, 0.25) is 0 Å². The Morgan fingerprint density at radius 3 is 2.00 bits per heavy atom. The minimum Gasteiger partial charge on any atom is -0.354 e. The summed E-state index contributed by atoms with van der Waals surface area (Å²) in [7, 11) is 0. The SMILES string of the molecule is c1ccc(-c2ccc3[nH]c4cccc5c6ccccc6c2c3c45)cc1. The van der Waals surface area contributed by atoms with E-state index in [1.54, 1.807) is 0 Å². The van der Waals surface area contributed by atoms with Crippen molar-refractivity contribution in [2.45, 2.75) is 0 Å². The maximum absolute atomic E-state index is 3.61. The molecule has 6 aromatic rings. The number of rotatable bonds is 1. The van der Waals surface area contributed by atoms with Crippen LogP contribution in [0.3, 0.4) is 0 Å². The summed E-state index contributed by atoms with van der Waals surface area (Å²) in [5, 5.41) is 8.03. The first-order chi connectivity index (χ1) is 12.4. The van der Waals surface area contributed by atoms with Gasteiger partial charge in [0.1, 0.15) is 0 Å². The summed E-state index contributed by atoms with van der Waals surface area (Å²) in [6, 6.07) is 30.5. The normalized spacial score (nSPS) is 12.0. The van der Waals surface area contributed by atoms with E-state index in [1.165, 1.54) is 54.5 Å². The molecule has 1 heterocycles. The molecule has 116 valence electrons. The first kappa shape index (κ1) is 13.0. The zero-order chi connectivity index (χ0) is 16.4. The fourth-order valence-electron chi connectivity index (χ4n) is 4.34. The fourth-order valence-corrected chi connectivity index (χ4v) is 4.34. The van der Waals surface area contributed by atoms with Gasteiger partial charge in [-0.15, -0.1) is 0 Å². The molecule has 0 saturated heterocycles. The van der Waals surface area contributed by atoms with Crippen molar-refractivity contribution in [3.05, 3.63) is 84.9 Å². The van der Waals surface area contributed by atoms with E-state index in [0.717, 1.165) is 0 Å². The summed E-state index contributed by atoms with van der Waals surface area (Å²) >= 11 is 0. The Bertz CT molecular complexity index is 1370. The quantitative estimate of drug-likeness (QED) is 0.323. The van der Waals surface area contributed by atoms with Gasteiger partial charge in [0.05, 0.1) is 0 Å². The summed E-state index contributed by atoms with van der Waals surface area (Å²) < 4.78 is 0. The molecular formula is C24H15N. The standard InChI is InChI=1S/C24H15N/c1-2-7-15(8-3-1)16-13-14-21-24-22(16)18-10-5-4-9-17(18)19-11-6-12-20(25-21)23(19)24/h1-14,25H. The van der Waals surface area contributed by atoms with E-state index in [0.29, 0.717) is 0 Å². The summed E-state index contributed by atoms with van der Waals surface area (Å²) in [4.78, 5) is 3.61. The lowest BCUT2D eigenvalue weighted by molar-refractivity contribution is 1.55. The van der Waals surface area contributed by atoms with Gasteiger partial charge >= 0.3 is 0 Å². The minimum absolute atomic E-state index is 1.21. The van der Waals surface area contributed by atoms with E-state index in [1.807, 2.05) is 0 Å². The Morgan fingerprint density at radius 2 is 1.12 bits per heavy atom. The van der Waals surface area contributed by atoms with Crippen molar-refractivity contribution in [3.63, 3.8) is 0 Å². The predicted octanol–water partition coefficient (Wildman–Crippen LogP) is 6.73. The van der Waals surface area contributed by atoms with Crippen molar-refractivity contribution >= 4 is 43.4 Å². The second-order valence-electron chi connectivity index (χ2n) is 6.68. The van der Waals surface area contributed by atoms with Crippen LogP contribution in [-0.4, -0.2) is 4.98 Å². The Balaban J connectivity index is 1.98. The highest BCUT2D eigenvalue weighted by atomic mass is 14.7. The fraction of sp³-hybridized carbons (Fsp3) is 0. The molecule has 0 amide bonds. The van der Waals surface area contributed by atoms with Gasteiger partial charge in [0.25, 0.3) is 0 Å². The number of aromatic nitrogens is 1. The van der Waals surface area contributed by atoms with Gasteiger partial charge in [0.15, 0.2) is 0 Å². The number of hydrogen-bond acceptors (Lipinski definition) is 0. The minimum atomic E-state index is 1.21. The molecule has 0 aliphatic carbocycles. The Kier molecular flexibility index (Phi) is 2.40. The van der Waals surface area contributed by atoms with E-state index in [4.69, 9.17) is 0 Å². The maximum Gasteiger partial charge on any atom is 0.0471 e. The lowest BCUT2D eigenvalue weighted by atomic mass is 9.89. The predicted molar refractivity (Wildman–Crippen MR) is 107 cm³/mol. The molecule has 0 radical (unpaired) electrons. The lowest BCUT2D eigenvalue weighted by Gasteiger charge is -2.13. The van der Waals surface area contributed by atoms with E-state index >= 15 is 0 Å². The van der Waals surface area contributed by atoms with Crippen molar-refractivity contribution in [2.75, 3.05) is 0 Å². The number of nitrogens with one attached hydrogen (secondary N) is 1. The van der Waals surface area contributed by atoms with Crippen LogP contribution in [0.1, 0.15) is 0 Å². The topological polar surface area (TPSA) is 15.8 Å².